The molecule has 2 aliphatic heterocycles. The van der Waals surface area contributed by atoms with Gasteiger partial charge in [0.05, 0.1) is 6.20 Å². The van der Waals surface area contributed by atoms with E-state index in [0.717, 1.165) is 32.1 Å². The fraction of sp³-hybridized carbons (Fsp3) is 0.765. The van der Waals surface area contributed by atoms with Crippen LogP contribution in [0.5, 0.6) is 0 Å². The summed E-state index contributed by atoms with van der Waals surface area (Å²) < 4.78 is 1.90. The molecule has 0 bridgehead atoms. The van der Waals surface area contributed by atoms with E-state index in [9.17, 15) is 0 Å². The number of aliphatic imine (C=N–C) groups is 1. The summed E-state index contributed by atoms with van der Waals surface area (Å²) in [5.74, 6) is 2.38. The Kier molecular flexibility index (Phi) is 5.20. The Bertz CT molecular complexity index is 537. The molecule has 23 heavy (non-hydrogen) atoms. The molecule has 0 aliphatic carbocycles. The minimum absolute atomic E-state index is 0.574. The second-order valence-electron chi connectivity index (χ2n) is 6.99. The Morgan fingerprint density at radius 2 is 2.17 bits per heavy atom. The Morgan fingerprint density at radius 3 is 2.83 bits per heavy atom. The van der Waals surface area contributed by atoms with Crippen LogP contribution in [0.1, 0.15) is 31.2 Å². The summed E-state index contributed by atoms with van der Waals surface area (Å²) in [4.78, 5) is 9.75. The van der Waals surface area contributed by atoms with Crippen LogP contribution in [0.15, 0.2) is 17.4 Å². The van der Waals surface area contributed by atoms with Crippen LogP contribution < -0.4 is 5.32 Å². The van der Waals surface area contributed by atoms with Crippen LogP contribution >= 0.6 is 0 Å². The van der Waals surface area contributed by atoms with Gasteiger partial charge in [-0.3, -0.25) is 9.67 Å². The van der Waals surface area contributed by atoms with Gasteiger partial charge in [-0.15, -0.1) is 0 Å². The van der Waals surface area contributed by atoms with Crippen molar-refractivity contribution in [2.75, 3.05) is 46.3 Å². The normalized spacial score (nSPS) is 26.2. The van der Waals surface area contributed by atoms with Crippen molar-refractivity contribution in [3.05, 3.63) is 18.0 Å². The van der Waals surface area contributed by atoms with Crippen molar-refractivity contribution >= 4 is 5.96 Å². The molecule has 2 unspecified atom stereocenters. The molecule has 2 saturated heterocycles. The average molecular weight is 318 g/mol. The summed E-state index contributed by atoms with van der Waals surface area (Å²) in [6.07, 6.45) is 6.61. The quantitative estimate of drug-likeness (QED) is 0.668. The van der Waals surface area contributed by atoms with E-state index in [1.54, 1.807) is 0 Å². The lowest BCUT2D eigenvalue weighted by molar-refractivity contribution is 0.396. The molecule has 6 heteroatoms. The van der Waals surface area contributed by atoms with Gasteiger partial charge in [0.15, 0.2) is 5.96 Å². The number of guanidine groups is 1. The third-order valence-electron chi connectivity index (χ3n) is 5.01. The van der Waals surface area contributed by atoms with Crippen molar-refractivity contribution in [1.29, 1.82) is 0 Å². The van der Waals surface area contributed by atoms with E-state index in [1.807, 2.05) is 17.9 Å². The van der Waals surface area contributed by atoms with Gasteiger partial charge in [-0.25, -0.2) is 0 Å². The van der Waals surface area contributed by atoms with E-state index in [2.05, 4.69) is 40.4 Å². The standard InChI is InChI=1S/C17H30N6/c1-4-18-17(19-9-14-5-7-21(2)11-14)23-8-6-15(13-23)16-10-20-22(3)12-16/h10,12,14-15H,4-9,11,13H2,1-3H3,(H,18,19). The molecule has 0 amide bonds. The van der Waals surface area contributed by atoms with Crippen LogP contribution in [-0.2, 0) is 7.05 Å². The first-order valence-electron chi connectivity index (χ1n) is 8.86. The van der Waals surface area contributed by atoms with E-state index >= 15 is 0 Å². The van der Waals surface area contributed by atoms with E-state index in [1.165, 1.54) is 31.5 Å². The van der Waals surface area contributed by atoms with E-state index in [0.29, 0.717) is 11.8 Å². The van der Waals surface area contributed by atoms with Crippen molar-refractivity contribution in [2.45, 2.75) is 25.7 Å². The fourth-order valence-electron chi connectivity index (χ4n) is 3.69. The molecule has 1 N–H and O–H groups in total. The van der Waals surface area contributed by atoms with Crippen LogP contribution in [0.3, 0.4) is 0 Å². The molecule has 0 spiro atoms. The first kappa shape index (κ1) is 16.3. The monoisotopic (exact) mass is 318 g/mol. The summed E-state index contributed by atoms with van der Waals surface area (Å²) in [7, 11) is 4.19. The summed E-state index contributed by atoms with van der Waals surface area (Å²) in [6, 6.07) is 0. The second kappa shape index (κ2) is 7.34. The van der Waals surface area contributed by atoms with E-state index in [-0.39, 0.29) is 0 Å². The number of likely N-dealkylation sites (tertiary alicyclic amines) is 2. The molecule has 2 atom stereocenters. The highest BCUT2D eigenvalue weighted by atomic mass is 15.3. The molecule has 2 fully saturated rings. The molecule has 128 valence electrons. The Labute approximate surface area is 139 Å². The van der Waals surface area contributed by atoms with Gasteiger partial charge >= 0.3 is 0 Å². The number of hydrogen-bond donors (Lipinski definition) is 1. The summed E-state index contributed by atoms with van der Waals surface area (Å²) in [5, 5.41) is 7.79. The number of hydrogen-bond acceptors (Lipinski definition) is 3. The second-order valence-corrected chi connectivity index (χ2v) is 6.99. The fourth-order valence-corrected chi connectivity index (χ4v) is 3.69. The van der Waals surface area contributed by atoms with Crippen LogP contribution in [-0.4, -0.2) is 71.9 Å². The first-order chi connectivity index (χ1) is 11.2. The molecular formula is C17H30N6. The lowest BCUT2D eigenvalue weighted by Gasteiger charge is -2.22. The highest BCUT2D eigenvalue weighted by Gasteiger charge is 2.27. The van der Waals surface area contributed by atoms with Gasteiger partial charge in [-0.2, -0.15) is 5.10 Å². The zero-order valence-electron chi connectivity index (χ0n) is 14.7. The minimum atomic E-state index is 0.574. The summed E-state index contributed by atoms with van der Waals surface area (Å²) in [5.41, 5.74) is 1.35. The predicted octanol–water partition coefficient (Wildman–Crippen LogP) is 1.13. The van der Waals surface area contributed by atoms with Gasteiger partial charge in [-0.05, 0) is 44.8 Å². The number of nitrogens with one attached hydrogen (secondary N) is 1. The molecule has 1 aromatic rings. The average Bonchev–Trinajstić information content (AvgIpc) is 3.24. The van der Waals surface area contributed by atoms with E-state index in [4.69, 9.17) is 4.99 Å². The highest BCUT2D eigenvalue weighted by molar-refractivity contribution is 5.80. The van der Waals surface area contributed by atoms with Crippen LogP contribution in [0.4, 0.5) is 0 Å². The highest BCUT2D eigenvalue weighted by Crippen LogP contribution is 2.26. The predicted molar refractivity (Wildman–Crippen MR) is 93.7 cm³/mol. The van der Waals surface area contributed by atoms with Gasteiger partial charge in [0.25, 0.3) is 0 Å². The molecule has 3 heterocycles. The van der Waals surface area contributed by atoms with Crippen molar-refractivity contribution in [3.63, 3.8) is 0 Å². The van der Waals surface area contributed by atoms with Crippen molar-refractivity contribution in [3.8, 4) is 0 Å². The zero-order valence-corrected chi connectivity index (χ0v) is 14.7. The lowest BCUT2D eigenvalue weighted by atomic mass is 10.0. The maximum Gasteiger partial charge on any atom is 0.193 e. The molecule has 0 aromatic carbocycles. The molecule has 6 nitrogen and oxygen atoms in total. The van der Waals surface area contributed by atoms with Crippen molar-refractivity contribution < 1.29 is 0 Å². The number of aryl methyl sites for hydroxylation is 1. The first-order valence-corrected chi connectivity index (χ1v) is 8.86. The van der Waals surface area contributed by atoms with Crippen LogP contribution in [0.25, 0.3) is 0 Å². The minimum Gasteiger partial charge on any atom is -0.357 e. The Hall–Kier alpha value is -1.56. The SMILES string of the molecule is CCNC(=NCC1CCN(C)C1)N1CCC(c2cnn(C)c2)C1. The molecule has 0 radical (unpaired) electrons. The molecule has 1 aromatic heterocycles. The van der Waals surface area contributed by atoms with Crippen molar-refractivity contribution in [1.82, 2.24) is 24.9 Å². The van der Waals surface area contributed by atoms with Crippen LogP contribution in [0.2, 0.25) is 0 Å². The third kappa shape index (κ3) is 4.05. The van der Waals surface area contributed by atoms with Crippen LogP contribution in [0, 0.1) is 5.92 Å². The van der Waals surface area contributed by atoms with Gasteiger partial charge in [0, 0.05) is 51.9 Å². The zero-order chi connectivity index (χ0) is 16.2. The molecule has 3 rings (SSSR count). The van der Waals surface area contributed by atoms with Gasteiger partial charge in [-0.1, -0.05) is 0 Å². The van der Waals surface area contributed by atoms with Gasteiger partial charge < -0.3 is 15.1 Å². The molecular weight excluding hydrogens is 288 g/mol. The van der Waals surface area contributed by atoms with Gasteiger partial charge in [0.2, 0.25) is 0 Å². The number of nitrogens with zero attached hydrogens (tertiary/aromatic N) is 5. The van der Waals surface area contributed by atoms with E-state index < -0.39 is 0 Å². The van der Waals surface area contributed by atoms with Crippen molar-refractivity contribution in [2.24, 2.45) is 18.0 Å². The maximum absolute atomic E-state index is 4.93. The smallest absolute Gasteiger partial charge is 0.193 e. The van der Waals surface area contributed by atoms with Gasteiger partial charge in [0.1, 0.15) is 0 Å². The number of rotatable bonds is 4. The Morgan fingerprint density at radius 1 is 1.30 bits per heavy atom. The molecule has 0 saturated carbocycles. The lowest BCUT2D eigenvalue weighted by Crippen LogP contribution is -2.40. The summed E-state index contributed by atoms with van der Waals surface area (Å²) >= 11 is 0. The molecule has 2 aliphatic rings. The largest absolute Gasteiger partial charge is 0.357 e. The topological polar surface area (TPSA) is 48.7 Å². The maximum atomic E-state index is 4.93. The third-order valence-corrected chi connectivity index (χ3v) is 5.01. The Balaban J connectivity index is 1.60. The number of aromatic nitrogens is 2. The summed E-state index contributed by atoms with van der Waals surface area (Å²) in [6.45, 7) is 8.54.